The van der Waals surface area contributed by atoms with Crippen LogP contribution in [0.25, 0.3) is 0 Å². The monoisotopic (exact) mass is 445 g/mol. The largest absolute Gasteiger partial charge is 0.416 e. The molecule has 1 unspecified atom stereocenters. The van der Waals surface area contributed by atoms with Crippen molar-refractivity contribution in [3.8, 4) is 0 Å². The van der Waals surface area contributed by atoms with E-state index < -0.39 is 39.1 Å². The highest BCUT2D eigenvalue weighted by Crippen LogP contribution is 2.34. The summed E-state index contributed by atoms with van der Waals surface area (Å²) in [6.07, 6.45) is -4.56. The van der Waals surface area contributed by atoms with Crippen molar-refractivity contribution < 1.29 is 26.4 Å². The Bertz CT molecular complexity index is 1050. The van der Waals surface area contributed by atoms with Crippen molar-refractivity contribution in [1.29, 1.82) is 0 Å². The van der Waals surface area contributed by atoms with Crippen molar-refractivity contribution in [3.05, 3.63) is 52.3 Å². The first kappa shape index (κ1) is 23.9. The van der Waals surface area contributed by atoms with Crippen molar-refractivity contribution in [2.24, 2.45) is 10.6 Å². The van der Waals surface area contributed by atoms with Crippen molar-refractivity contribution in [1.82, 2.24) is 10.3 Å². The van der Waals surface area contributed by atoms with Crippen LogP contribution in [-0.2, 0) is 22.6 Å². The number of nitrogens with one attached hydrogen (secondary N) is 2. The number of primary sulfonamides is 1. The molecule has 166 valence electrons. The van der Waals surface area contributed by atoms with Crippen LogP contribution in [0.15, 0.2) is 29.2 Å². The first-order valence-corrected chi connectivity index (χ1v) is 10.8. The maximum absolute atomic E-state index is 13.4. The van der Waals surface area contributed by atoms with Crippen molar-refractivity contribution in [2.75, 3.05) is 0 Å². The smallest absolute Gasteiger partial charge is 0.353 e. The Morgan fingerprint density at radius 3 is 2.20 bits per heavy atom. The second-order valence-electron chi connectivity index (χ2n) is 8.38. The fraction of sp³-hybridized carbons (Fsp3) is 0.450. The van der Waals surface area contributed by atoms with Gasteiger partial charge in [-0.1, -0.05) is 39.0 Å². The van der Waals surface area contributed by atoms with E-state index in [1.54, 1.807) is 20.8 Å². The number of nitrogens with two attached hydrogens (primary N) is 1. The predicted molar refractivity (Wildman–Crippen MR) is 107 cm³/mol. The minimum atomic E-state index is -4.51. The predicted octanol–water partition coefficient (Wildman–Crippen LogP) is 3.68. The molecule has 0 saturated carbocycles. The summed E-state index contributed by atoms with van der Waals surface area (Å²) in [6.45, 7) is 8.33. The van der Waals surface area contributed by atoms with E-state index in [4.69, 9.17) is 5.14 Å². The van der Waals surface area contributed by atoms with E-state index in [0.717, 1.165) is 6.07 Å². The van der Waals surface area contributed by atoms with Crippen LogP contribution in [-0.4, -0.2) is 25.4 Å². The zero-order valence-corrected chi connectivity index (χ0v) is 18.3. The summed E-state index contributed by atoms with van der Waals surface area (Å²) in [6, 6.07) is 4.57. The summed E-state index contributed by atoms with van der Waals surface area (Å²) in [7, 11) is -4.04. The molecule has 0 fully saturated rings. The lowest BCUT2D eigenvalue weighted by atomic mass is 9.82. The summed E-state index contributed by atoms with van der Waals surface area (Å²) >= 11 is 0. The van der Waals surface area contributed by atoms with Gasteiger partial charge in [-0.2, -0.15) is 13.2 Å². The molecule has 0 radical (unpaired) electrons. The molecule has 0 aliphatic heterocycles. The van der Waals surface area contributed by atoms with Crippen LogP contribution < -0.4 is 10.5 Å². The molecule has 1 heterocycles. The topological polar surface area (TPSA) is 105 Å². The second kappa shape index (κ2) is 8.07. The van der Waals surface area contributed by atoms with Gasteiger partial charge in [-0.25, -0.2) is 13.6 Å². The Labute approximate surface area is 174 Å². The standard InChI is InChI=1S/C20H26F3N3O3S/c1-11-16(25-12(2)17(11)30(24,28)29)18(27)26-15(19(3,4)5)10-13-8-6-7-9-14(13)20(21,22)23/h6-9,15,25H,10H2,1-5H3,(H,26,27)(H2,24,28,29). The van der Waals surface area contributed by atoms with Crippen LogP contribution in [0.1, 0.15) is 53.6 Å². The molecule has 0 aliphatic carbocycles. The van der Waals surface area contributed by atoms with Gasteiger partial charge in [-0.15, -0.1) is 0 Å². The summed E-state index contributed by atoms with van der Waals surface area (Å²) < 4.78 is 63.7. The number of aromatic amines is 1. The number of amides is 1. The van der Waals surface area contributed by atoms with Gasteiger partial charge in [-0.3, -0.25) is 4.79 Å². The van der Waals surface area contributed by atoms with E-state index in [1.165, 1.54) is 32.0 Å². The second-order valence-corrected chi connectivity index (χ2v) is 9.87. The van der Waals surface area contributed by atoms with E-state index in [0.29, 0.717) is 0 Å². The van der Waals surface area contributed by atoms with Crippen LogP contribution >= 0.6 is 0 Å². The van der Waals surface area contributed by atoms with Crippen molar-refractivity contribution in [3.63, 3.8) is 0 Å². The molecule has 0 saturated heterocycles. The van der Waals surface area contributed by atoms with Gasteiger partial charge in [0, 0.05) is 11.7 Å². The maximum Gasteiger partial charge on any atom is 0.416 e. The molecular formula is C20H26F3N3O3S. The number of H-pyrrole nitrogens is 1. The molecule has 1 amide bonds. The van der Waals surface area contributed by atoms with Crippen LogP contribution in [0.2, 0.25) is 0 Å². The number of hydrogen-bond donors (Lipinski definition) is 3. The molecule has 10 heteroatoms. The number of aromatic nitrogens is 1. The van der Waals surface area contributed by atoms with Crippen LogP contribution in [0, 0.1) is 19.3 Å². The Morgan fingerprint density at radius 1 is 1.17 bits per heavy atom. The lowest BCUT2D eigenvalue weighted by Crippen LogP contribution is -2.45. The molecule has 0 bridgehead atoms. The molecular weight excluding hydrogens is 419 g/mol. The van der Waals surface area contributed by atoms with E-state index in [9.17, 15) is 26.4 Å². The Kier molecular flexibility index (Phi) is 6.44. The molecule has 4 N–H and O–H groups in total. The van der Waals surface area contributed by atoms with E-state index in [-0.39, 0.29) is 33.8 Å². The average Bonchev–Trinajstić information content (AvgIpc) is 2.87. The Balaban J connectivity index is 2.40. The van der Waals surface area contributed by atoms with Gasteiger partial charge in [0.2, 0.25) is 10.0 Å². The van der Waals surface area contributed by atoms with Gasteiger partial charge in [0.15, 0.2) is 0 Å². The number of sulfonamides is 1. The molecule has 2 rings (SSSR count). The van der Waals surface area contributed by atoms with Crippen LogP contribution in [0.4, 0.5) is 13.2 Å². The highest BCUT2D eigenvalue weighted by Gasteiger charge is 2.36. The average molecular weight is 446 g/mol. The number of carbonyl (C=O) groups is 1. The SMILES string of the molecule is Cc1[nH]c(C(=O)NC(Cc2ccccc2C(F)(F)F)C(C)(C)C)c(C)c1S(N)(=O)=O. The summed E-state index contributed by atoms with van der Waals surface area (Å²) in [5, 5.41) is 7.98. The molecule has 1 atom stereocenters. The quantitative estimate of drug-likeness (QED) is 0.654. The van der Waals surface area contributed by atoms with Gasteiger partial charge in [0.05, 0.1) is 5.56 Å². The molecule has 30 heavy (non-hydrogen) atoms. The Morgan fingerprint density at radius 2 is 1.73 bits per heavy atom. The lowest BCUT2D eigenvalue weighted by molar-refractivity contribution is -0.138. The molecule has 1 aromatic heterocycles. The van der Waals surface area contributed by atoms with Crippen LogP contribution in [0.5, 0.6) is 0 Å². The lowest BCUT2D eigenvalue weighted by Gasteiger charge is -2.32. The maximum atomic E-state index is 13.4. The van der Waals surface area contributed by atoms with Gasteiger partial charge < -0.3 is 10.3 Å². The molecule has 0 spiro atoms. The minimum Gasteiger partial charge on any atom is -0.353 e. The third kappa shape index (κ3) is 5.23. The van der Waals surface area contributed by atoms with Gasteiger partial charge in [0.25, 0.3) is 5.91 Å². The van der Waals surface area contributed by atoms with Crippen LogP contribution in [0.3, 0.4) is 0 Å². The number of halogens is 3. The zero-order valence-electron chi connectivity index (χ0n) is 17.4. The first-order chi connectivity index (χ1) is 13.5. The highest BCUT2D eigenvalue weighted by molar-refractivity contribution is 7.89. The number of alkyl halides is 3. The van der Waals surface area contributed by atoms with E-state index in [1.807, 2.05) is 0 Å². The number of rotatable bonds is 5. The third-order valence-corrected chi connectivity index (χ3v) is 6.16. The van der Waals surface area contributed by atoms with Crippen molar-refractivity contribution in [2.45, 2.75) is 58.2 Å². The fourth-order valence-corrected chi connectivity index (χ4v) is 4.39. The number of carbonyl (C=O) groups excluding carboxylic acids is 1. The molecule has 2 aromatic rings. The highest BCUT2D eigenvalue weighted by atomic mass is 32.2. The number of benzene rings is 1. The molecule has 1 aromatic carbocycles. The van der Waals surface area contributed by atoms with Gasteiger partial charge in [-0.05, 0) is 42.9 Å². The Hall–Kier alpha value is -2.33. The van der Waals surface area contributed by atoms with Crippen molar-refractivity contribution >= 4 is 15.9 Å². The van der Waals surface area contributed by atoms with E-state index in [2.05, 4.69) is 10.3 Å². The number of hydrogen-bond acceptors (Lipinski definition) is 3. The fourth-order valence-electron chi connectivity index (χ4n) is 3.39. The first-order valence-electron chi connectivity index (χ1n) is 9.21. The summed E-state index contributed by atoms with van der Waals surface area (Å²) in [4.78, 5) is 15.4. The van der Waals surface area contributed by atoms with E-state index >= 15 is 0 Å². The summed E-state index contributed by atoms with van der Waals surface area (Å²) in [5.74, 6) is -0.616. The third-order valence-electron chi connectivity index (χ3n) is 4.98. The minimum absolute atomic E-state index is 0.00915. The normalized spacial score (nSPS) is 13.9. The van der Waals surface area contributed by atoms with Gasteiger partial charge in [0.1, 0.15) is 10.6 Å². The molecule has 0 aliphatic rings. The zero-order chi connectivity index (χ0) is 23.1. The summed E-state index contributed by atoms with van der Waals surface area (Å²) in [5.41, 5.74) is -0.875. The molecule has 6 nitrogen and oxygen atoms in total. The number of aryl methyl sites for hydroxylation is 1. The van der Waals surface area contributed by atoms with Gasteiger partial charge >= 0.3 is 6.18 Å².